The van der Waals surface area contributed by atoms with Crippen LogP contribution in [-0.2, 0) is 19.5 Å². The summed E-state index contributed by atoms with van der Waals surface area (Å²) < 4.78 is 2.18. The second-order valence-corrected chi connectivity index (χ2v) is 4.43. The van der Waals surface area contributed by atoms with Crippen LogP contribution in [0.1, 0.15) is 22.8 Å². The first kappa shape index (κ1) is 11.0. The maximum atomic E-state index is 9.12. The zero-order chi connectivity index (χ0) is 12.4. The lowest BCUT2D eigenvalue weighted by molar-refractivity contribution is 0.503. The van der Waals surface area contributed by atoms with Crippen molar-refractivity contribution in [1.82, 2.24) is 14.9 Å². The van der Waals surface area contributed by atoms with Gasteiger partial charge < -0.3 is 9.88 Å². The van der Waals surface area contributed by atoms with Crippen molar-refractivity contribution in [3.05, 3.63) is 53.1 Å². The van der Waals surface area contributed by atoms with E-state index in [9.17, 15) is 0 Å². The number of nitrogens with one attached hydrogen (secondary N) is 1. The lowest BCUT2D eigenvalue weighted by Gasteiger charge is -2.17. The Labute approximate surface area is 106 Å². The predicted octanol–water partition coefficient (Wildman–Crippen LogP) is 1.45. The first-order valence-electron chi connectivity index (χ1n) is 6.11. The van der Waals surface area contributed by atoms with E-state index in [1.807, 2.05) is 18.2 Å². The Morgan fingerprint density at radius 2 is 2.17 bits per heavy atom. The van der Waals surface area contributed by atoms with Gasteiger partial charge >= 0.3 is 0 Å². The first-order valence-corrected chi connectivity index (χ1v) is 6.11. The fraction of sp³-hybridized carbons (Fsp3) is 0.286. The number of nitriles is 1. The molecule has 0 saturated heterocycles. The maximum absolute atomic E-state index is 9.12. The van der Waals surface area contributed by atoms with Gasteiger partial charge in [0.2, 0.25) is 0 Å². The number of hydrogen-bond acceptors (Lipinski definition) is 3. The maximum Gasteiger partial charge on any atom is 0.163 e. The second kappa shape index (κ2) is 4.63. The van der Waals surface area contributed by atoms with E-state index < -0.39 is 0 Å². The fourth-order valence-electron chi connectivity index (χ4n) is 2.38. The number of aromatic nitrogens is 2. The number of benzene rings is 1. The topological polar surface area (TPSA) is 53.6 Å². The van der Waals surface area contributed by atoms with Gasteiger partial charge in [-0.3, -0.25) is 0 Å². The average molecular weight is 238 g/mol. The molecule has 1 aromatic heterocycles. The summed E-state index contributed by atoms with van der Waals surface area (Å²) in [6.45, 7) is 2.58. The molecule has 1 N–H and O–H groups in total. The van der Waals surface area contributed by atoms with Crippen LogP contribution in [-0.4, -0.2) is 16.1 Å². The zero-order valence-electron chi connectivity index (χ0n) is 10.1. The SMILES string of the molecule is N#Cc1nc(Cc2ccccc2)n2c1CNCC2. The molecule has 0 atom stereocenters. The molecule has 3 rings (SSSR count). The van der Waals surface area contributed by atoms with Crippen molar-refractivity contribution in [3.8, 4) is 6.07 Å². The number of rotatable bonds is 2. The van der Waals surface area contributed by atoms with Crippen molar-refractivity contribution in [2.75, 3.05) is 6.54 Å². The summed E-state index contributed by atoms with van der Waals surface area (Å²) in [4.78, 5) is 4.47. The second-order valence-electron chi connectivity index (χ2n) is 4.43. The van der Waals surface area contributed by atoms with Crippen molar-refractivity contribution in [3.63, 3.8) is 0 Å². The van der Waals surface area contributed by atoms with Gasteiger partial charge in [0.15, 0.2) is 5.69 Å². The number of fused-ring (bicyclic) bond motifs is 1. The van der Waals surface area contributed by atoms with Gasteiger partial charge in [0.1, 0.15) is 11.9 Å². The summed E-state index contributed by atoms with van der Waals surface area (Å²) in [5.74, 6) is 0.995. The minimum atomic E-state index is 0.563. The molecule has 2 heterocycles. The van der Waals surface area contributed by atoms with Gasteiger partial charge in [-0.2, -0.15) is 5.26 Å². The molecule has 0 bridgehead atoms. The third-order valence-electron chi connectivity index (χ3n) is 3.27. The highest BCUT2D eigenvalue weighted by atomic mass is 15.2. The van der Waals surface area contributed by atoms with E-state index in [0.717, 1.165) is 37.6 Å². The van der Waals surface area contributed by atoms with Gasteiger partial charge in [0.05, 0.1) is 5.69 Å². The van der Waals surface area contributed by atoms with Gasteiger partial charge in [-0.25, -0.2) is 4.98 Å². The Morgan fingerprint density at radius 1 is 1.33 bits per heavy atom. The summed E-state index contributed by atoms with van der Waals surface area (Å²) in [5, 5.41) is 12.4. The molecule has 2 aromatic rings. The monoisotopic (exact) mass is 238 g/mol. The van der Waals surface area contributed by atoms with Crippen LogP contribution in [0.5, 0.6) is 0 Å². The summed E-state index contributed by atoms with van der Waals surface area (Å²) in [6.07, 6.45) is 0.787. The van der Waals surface area contributed by atoms with Gasteiger partial charge in [-0.15, -0.1) is 0 Å². The molecule has 18 heavy (non-hydrogen) atoms. The number of nitrogens with zero attached hydrogens (tertiary/aromatic N) is 3. The molecular weight excluding hydrogens is 224 g/mol. The van der Waals surface area contributed by atoms with Crippen LogP contribution in [0.3, 0.4) is 0 Å². The molecule has 1 aliphatic heterocycles. The molecule has 1 aliphatic rings. The van der Waals surface area contributed by atoms with E-state index in [1.165, 1.54) is 5.56 Å². The van der Waals surface area contributed by atoms with Crippen LogP contribution >= 0.6 is 0 Å². The van der Waals surface area contributed by atoms with Crippen molar-refractivity contribution >= 4 is 0 Å². The largest absolute Gasteiger partial charge is 0.328 e. The van der Waals surface area contributed by atoms with E-state index in [4.69, 9.17) is 5.26 Å². The molecule has 0 radical (unpaired) electrons. The van der Waals surface area contributed by atoms with Crippen LogP contribution in [0, 0.1) is 11.3 Å². The highest BCUT2D eigenvalue weighted by Gasteiger charge is 2.19. The molecular formula is C14H14N4. The third kappa shape index (κ3) is 1.89. The van der Waals surface area contributed by atoms with Gasteiger partial charge in [-0.05, 0) is 5.56 Å². The highest BCUT2D eigenvalue weighted by molar-refractivity contribution is 5.32. The van der Waals surface area contributed by atoms with E-state index in [2.05, 4.69) is 33.1 Å². The molecule has 0 amide bonds. The van der Waals surface area contributed by atoms with Crippen molar-refractivity contribution in [1.29, 1.82) is 5.26 Å². The van der Waals surface area contributed by atoms with Crippen LogP contribution in [0.4, 0.5) is 0 Å². The predicted molar refractivity (Wildman–Crippen MR) is 67.9 cm³/mol. The molecule has 0 saturated carbocycles. The number of hydrogen-bond donors (Lipinski definition) is 1. The van der Waals surface area contributed by atoms with E-state index in [0.29, 0.717) is 5.69 Å². The molecule has 0 spiro atoms. The third-order valence-corrected chi connectivity index (χ3v) is 3.27. The van der Waals surface area contributed by atoms with Gasteiger partial charge in [-0.1, -0.05) is 30.3 Å². The van der Waals surface area contributed by atoms with Crippen LogP contribution in [0.2, 0.25) is 0 Å². The van der Waals surface area contributed by atoms with Gasteiger partial charge in [0, 0.05) is 26.1 Å². The van der Waals surface area contributed by atoms with Crippen LogP contribution < -0.4 is 5.32 Å². The quantitative estimate of drug-likeness (QED) is 0.861. The summed E-state index contributed by atoms with van der Waals surface area (Å²) in [5.41, 5.74) is 2.82. The summed E-state index contributed by atoms with van der Waals surface area (Å²) >= 11 is 0. The Bertz CT molecular complexity index is 592. The molecule has 0 aliphatic carbocycles. The van der Waals surface area contributed by atoms with Gasteiger partial charge in [0.25, 0.3) is 0 Å². The lowest BCUT2D eigenvalue weighted by atomic mass is 10.1. The summed E-state index contributed by atoms with van der Waals surface area (Å²) in [7, 11) is 0. The molecule has 1 aromatic carbocycles. The average Bonchev–Trinajstić information content (AvgIpc) is 2.78. The van der Waals surface area contributed by atoms with Crippen LogP contribution in [0.25, 0.3) is 0 Å². The Hall–Kier alpha value is -2.12. The van der Waals surface area contributed by atoms with E-state index in [1.54, 1.807) is 0 Å². The molecule has 90 valence electrons. The smallest absolute Gasteiger partial charge is 0.163 e. The molecule has 0 fully saturated rings. The first-order chi connectivity index (χ1) is 8.88. The minimum absolute atomic E-state index is 0.563. The van der Waals surface area contributed by atoms with Crippen molar-refractivity contribution in [2.45, 2.75) is 19.5 Å². The fourth-order valence-corrected chi connectivity index (χ4v) is 2.38. The normalized spacial score (nSPS) is 13.9. The zero-order valence-corrected chi connectivity index (χ0v) is 10.1. The lowest BCUT2D eigenvalue weighted by Crippen LogP contribution is -2.29. The van der Waals surface area contributed by atoms with E-state index >= 15 is 0 Å². The molecule has 0 unspecified atom stereocenters. The standard InChI is InChI=1S/C14H14N4/c15-9-12-13-10-16-6-7-18(13)14(17-12)8-11-4-2-1-3-5-11/h1-5,16H,6-8,10H2. The molecule has 4 heteroatoms. The Kier molecular flexibility index (Phi) is 2.83. The van der Waals surface area contributed by atoms with E-state index in [-0.39, 0.29) is 0 Å². The Balaban J connectivity index is 1.98. The van der Waals surface area contributed by atoms with Crippen molar-refractivity contribution in [2.24, 2.45) is 0 Å². The highest BCUT2D eigenvalue weighted by Crippen LogP contribution is 2.17. The summed E-state index contributed by atoms with van der Waals surface area (Å²) in [6, 6.07) is 12.4. The Morgan fingerprint density at radius 3 is 2.94 bits per heavy atom. The van der Waals surface area contributed by atoms with Crippen LogP contribution in [0.15, 0.2) is 30.3 Å². The van der Waals surface area contributed by atoms with Crippen molar-refractivity contribution < 1.29 is 0 Å². The molecule has 4 nitrogen and oxygen atoms in total. The number of imidazole rings is 1. The minimum Gasteiger partial charge on any atom is -0.328 e.